The van der Waals surface area contributed by atoms with Gasteiger partial charge in [-0.05, 0) is 30.7 Å². The third kappa shape index (κ3) is 2.29. The molecule has 0 radical (unpaired) electrons. The average molecular weight is 268 g/mol. The minimum atomic E-state index is -0.374. The lowest BCUT2D eigenvalue weighted by Gasteiger charge is -2.08. The van der Waals surface area contributed by atoms with Crippen molar-refractivity contribution in [3.63, 3.8) is 0 Å². The molecule has 1 aromatic heterocycles. The summed E-state index contributed by atoms with van der Waals surface area (Å²) in [5, 5.41) is 0.943. The maximum absolute atomic E-state index is 13.5. The van der Waals surface area contributed by atoms with Crippen molar-refractivity contribution in [3.05, 3.63) is 40.3 Å². The number of esters is 1. The van der Waals surface area contributed by atoms with Crippen molar-refractivity contribution in [2.24, 2.45) is 0 Å². The number of fused-ring (bicyclic) bond motifs is 1. The third-order valence-corrected chi connectivity index (χ3v) is 2.98. The van der Waals surface area contributed by atoms with Crippen LogP contribution in [0.5, 0.6) is 0 Å². The highest BCUT2D eigenvalue weighted by Crippen LogP contribution is 2.25. The van der Waals surface area contributed by atoms with Crippen molar-refractivity contribution >= 4 is 28.5 Å². The molecular formula is C13H11ClFNO2. The van der Waals surface area contributed by atoms with Crippen LogP contribution in [0.2, 0.25) is 5.15 Å². The first-order chi connectivity index (χ1) is 8.52. The van der Waals surface area contributed by atoms with Crippen molar-refractivity contribution < 1.29 is 13.9 Å². The van der Waals surface area contributed by atoms with Crippen LogP contribution in [-0.2, 0) is 16.0 Å². The van der Waals surface area contributed by atoms with E-state index in [4.69, 9.17) is 11.6 Å². The fourth-order valence-corrected chi connectivity index (χ4v) is 2.03. The van der Waals surface area contributed by atoms with Crippen molar-refractivity contribution in [1.29, 1.82) is 0 Å². The van der Waals surface area contributed by atoms with Gasteiger partial charge < -0.3 is 4.74 Å². The number of benzene rings is 1. The van der Waals surface area contributed by atoms with Crippen LogP contribution in [0.3, 0.4) is 0 Å². The number of hydrogen-bond donors (Lipinski definition) is 0. The zero-order chi connectivity index (χ0) is 13.3. The van der Waals surface area contributed by atoms with E-state index in [1.54, 1.807) is 19.1 Å². The number of hydrogen-bond acceptors (Lipinski definition) is 3. The topological polar surface area (TPSA) is 39.2 Å². The van der Waals surface area contributed by atoms with Gasteiger partial charge >= 0.3 is 5.97 Å². The Labute approximate surface area is 109 Å². The molecule has 94 valence electrons. The second-order valence-corrected chi connectivity index (χ2v) is 4.31. The summed E-state index contributed by atoms with van der Waals surface area (Å²) in [7, 11) is 1.32. The number of ether oxygens (including phenoxy) is 1. The second-order valence-electron chi connectivity index (χ2n) is 3.93. The van der Waals surface area contributed by atoms with E-state index in [2.05, 4.69) is 9.72 Å². The van der Waals surface area contributed by atoms with E-state index in [0.29, 0.717) is 22.0 Å². The molecule has 0 spiro atoms. The summed E-state index contributed by atoms with van der Waals surface area (Å²) in [5.41, 5.74) is 1.57. The summed E-state index contributed by atoms with van der Waals surface area (Å²) in [6.45, 7) is 1.63. The Morgan fingerprint density at radius 1 is 1.50 bits per heavy atom. The molecule has 0 aliphatic heterocycles. The normalized spacial score (nSPS) is 10.7. The molecular weight excluding hydrogens is 257 g/mol. The van der Waals surface area contributed by atoms with Gasteiger partial charge in [0.05, 0.1) is 19.0 Å². The van der Waals surface area contributed by atoms with Gasteiger partial charge in [0, 0.05) is 10.9 Å². The highest BCUT2D eigenvalue weighted by atomic mass is 35.5. The molecule has 0 aliphatic carbocycles. The monoisotopic (exact) mass is 267 g/mol. The fraction of sp³-hybridized carbons (Fsp3) is 0.231. The zero-order valence-corrected chi connectivity index (χ0v) is 10.7. The summed E-state index contributed by atoms with van der Waals surface area (Å²) in [5.74, 6) is -0.721. The van der Waals surface area contributed by atoms with E-state index in [1.165, 1.54) is 13.2 Å². The maximum atomic E-state index is 13.5. The number of nitrogens with zero attached hydrogens (tertiary/aromatic N) is 1. The molecule has 2 aromatic rings. The molecule has 18 heavy (non-hydrogen) atoms. The van der Waals surface area contributed by atoms with Gasteiger partial charge in [0.25, 0.3) is 0 Å². The summed E-state index contributed by atoms with van der Waals surface area (Å²) in [4.78, 5) is 15.4. The Bertz CT molecular complexity index is 628. The number of halogens is 2. The van der Waals surface area contributed by atoms with Crippen LogP contribution in [0.25, 0.3) is 10.9 Å². The standard InChI is InChI=1S/C13H11ClFNO2/c1-7-10(15)4-3-9-8(6-12(17)18-2)5-11(14)16-13(7)9/h3-5H,6H2,1-2H3. The lowest BCUT2D eigenvalue weighted by molar-refractivity contribution is -0.139. The minimum absolute atomic E-state index is 0.0836. The highest BCUT2D eigenvalue weighted by molar-refractivity contribution is 6.30. The number of carbonyl (C=O) groups excluding carboxylic acids is 1. The molecule has 0 amide bonds. The van der Waals surface area contributed by atoms with Crippen LogP contribution in [-0.4, -0.2) is 18.1 Å². The third-order valence-electron chi connectivity index (χ3n) is 2.79. The molecule has 0 aliphatic rings. The smallest absolute Gasteiger partial charge is 0.310 e. The van der Waals surface area contributed by atoms with Gasteiger partial charge in [-0.1, -0.05) is 11.6 Å². The number of methoxy groups -OCH3 is 1. The number of pyridine rings is 1. The largest absolute Gasteiger partial charge is 0.469 e. The molecule has 1 aromatic carbocycles. The van der Waals surface area contributed by atoms with Crippen molar-refractivity contribution in [2.45, 2.75) is 13.3 Å². The van der Waals surface area contributed by atoms with E-state index in [0.717, 1.165) is 0 Å². The first kappa shape index (κ1) is 12.8. The van der Waals surface area contributed by atoms with Crippen LogP contribution >= 0.6 is 11.6 Å². The predicted molar refractivity (Wildman–Crippen MR) is 67.2 cm³/mol. The van der Waals surface area contributed by atoms with E-state index in [1.807, 2.05) is 0 Å². The molecule has 5 heteroatoms. The number of aryl methyl sites for hydroxylation is 1. The van der Waals surface area contributed by atoms with Gasteiger partial charge in [-0.15, -0.1) is 0 Å². The Morgan fingerprint density at radius 3 is 2.89 bits per heavy atom. The molecule has 2 rings (SSSR count). The summed E-state index contributed by atoms with van der Waals surface area (Å²) in [6.07, 6.45) is 0.0836. The summed E-state index contributed by atoms with van der Waals surface area (Å²) in [6, 6.07) is 4.55. The molecule has 0 bridgehead atoms. The minimum Gasteiger partial charge on any atom is -0.469 e. The molecule has 0 unspecified atom stereocenters. The van der Waals surface area contributed by atoms with Crippen molar-refractivity contribution in [1.82, 2.24) is 4.98 Å². The summed E-state index contributed by atoms with van der Waals surface area (Å²) < 4.78 is 18.1. The van der Waals surface area contributed by atoms with Gasteiger partial charge in [0.15, 0.2) is 0 Å². The summed E-state index contributed by atoms with van der Waals surface area (Å²) >= 11 is 5.89. The maximum Gasteiger partial charge on any atom is 0.310 e. The van der Waals surface area contributed by atoms with E-state index in [-0.39, 0.29) is 23.4 Å². The van der Waals surface area contributed by atoms with E-state index in [9.17, 15) is 9.18 Å². The lowest BCUT2D eigenvalue weighted by Crippen LogP contribution is -2.06. The SMILES string of the molecule is COC(=O)Cc1cc(Cl)nc2c(C)c(F)ccc12. The molecule has 0 fully saturated rings. The quantitative estimate of drug-likeness (QED) is 0.620. The van der Waals surface area contributed by atoms with Crippen LogP contribution < -0.4 is 0 Å². The first-order valence-electron chi connectivity index (χ1n) is 5.34. The number of rotatable bonds is 2. The average Bonchev–Trinajstić information content (AvgIpc) is 2.34. The Kier molecular flexibility index (Phi) is 3.48. The Balaban J connectivity index is 2.66. The van der Waals surface area contributed by atoms with Gasteiger partial charge in [0.1, 0.15) is 11.0 Å². The molecule has 0 saturated heterocycles. The first-order valence-corrected chi connectivity index (χ1v) is 5.71. The molecule has 0 saturated carbocycles. The highest BCUT2D eigenvalue weighted by Gasteiger charge is 2.12. The van der Waals surface area contributed by atoms with Gasteiger partial charge in [-0.2, -0.15) is 0 Å². The Hall–Kier alpha value is -1.68. The van der Waals surface area contributed by atoms with Crippen molar-refractivity contribution in [2.75, 3.05) is 7.11 Å². The van der Waals surface area contributed by atoms with Crippen LogP contribution in [0, 0.1) is 12.7 Å². The molecule has 3 nitrogen and oxygen atoms in total. The second kappa shape index (κ2) is 4.90. The molecule has 0 atom stereocenters. The number of aromatic nitrogens is 1. The zero-order valence-electron chi connectivity index (χ0n) is 9.96. The fourth-order valence-electron chi connectivity index (χ4n) is 1.81. The lowest BCUT2D eigenvalue weighted by atomic mass is 10.0. The van der Waals surface area contributed by atoms with Gasteiger partial charge in [0.2, 0.25) is 0 Å². The predicted octanol–water partition coefficient (Wildman–Crippen LogP) is 3.05. The Morgan fingerprint density at radius 2 is 2.22 bits per heavy atom. The van der Waals surface area contributed by atoms with Gasteiger partial charge in [-0.25, -0.2) is 9.37 Å². The molecule has 0 N–H and O–H groups in total. The van der Waals surface area contributed by atoms with E-state index < -0.39 is 0 Å². The van der Waals surface area contributed by atoms with Crippen LogP contribution in [0.1, 0.15) is 11.1 Å². The van der Waals surface area contributed by atoms with E-state index >= 15 is 0 Å². The van der Waals surface area contributed by atoms with Gasteiger partial charge in [-0.3, -0.25) is 4.79 Å². The van der Waals surface area contributed by atoms with Crippen LogP contribution in [0.4, 0.5) is 4.39 Å². The van der Waals surface area contributed by atoms with Crippen LogP contribution in [0.15, 0.2) is 18.2 Å². The number of carbonyl (C=O) groups is 1. The molecule has 1 heterocycles. The van der Waals surface area contributed by atoms with Crippen molar-refractivity contribution in [3.8, 4) is 0 Å².